The van der Waals surface area contributed by atoms with Crippen LogP contribution in [0.2, 0.25) is 0 Å². The van der Waals surface area contributed by atoms with Gasteiger partial charge in [0.25, 0.3) is 0 Å². The molecule has 112 valence electrons. The fourth-order valence-electron chi connectivity index (χ4n) is 2.74. The van der Waals surface area contributed by atoms with Gasteiger partial charge in [0, 0.05) is 5.69 Å². The highest BCUT2D eigenvalue weighted by Crippen LogP contribution is 2.21. The zero-order valence-electron chi connectivity index (χ0n) is 12.1. The summed E-state index contributed by atoms with van der Waals surface area (Å²) in [5.74, 6) is 0.922. The molecule has 1 saturated heterocycles. The van der Waals surface area contributed by atoms with Crippen LogP contribution < -0.4 is 14.5 Å². The van der Waals surface area contributed by atoms with Gasteiger partial charge in [-0.25, -0.2) is 0 Å². The van der Waals surface area contributed by atoms with Crippen LogP contribution in [0.5, 0.6) is 5.75 Å². The summed E-state index contributed by atoms with van der Waals surface area (Å²) >= 11 is 5.39. The van der Waals surface area contributed by atoms with E-state index in [0.29, 0.717) is 0 Å². The van der Waals surface area contributed by atoms with E-state index in [9.17, 15) is 0 Å². The van der Waals surface area contributed by atoms with E-state index >= 15 is 0 Å². The average Bonchev–Trinajstić information content (AvgIpc) is 2.93. The van der Waals surface area contributed by atoms with Crippen LogP contribution in [0.4, 0.5) is 5.69 Å². The minimum Gasteiger partial charge on any atom is -0.497 e. The number of hydrogen-bond donors (Lipinski definition) is 1. The van der Waals surface area contributed by atoms with E-state index in [1.54, 1.807) is 12.0 Å². The molecular weight excluding hydrogens is 348 g/mol. The number of methoxy groups -OCH3 is 1. The summed E-state index contributed by atoms with van der Waals surface area (Å²) in [6.07, 6.45) is 0. The molecule has 1 aromatic heterocycles. The minimum absolute atomic E-state index is 0.922. The lowest BCUT2D eigenvalue weighted by Crippen LogP contribution is -3.13. The van der Waals surface area contributed by atoms with Crippen molar-refractivity contribution in [2.24, 2.45) is 0 Å². The summed E-state index contributed by atoms with van der Waals surface area (Å²) in [6, 6.07) is 12.8. The van der Waals surface area contributed by atoms with Gasteiger partial charge >= 0.3 is 0 Å². The van der Waals surface area contributed by atoms with Gasteiger partial charge in [0.2, 0.25) is 0 Å². The quantitative estimate of drug-likeness (QED) is 0.893. The molecule has 5 heteroatoms. The van der Waals surface area contributed by atoms with Crippen molar-refractivity contribution in [3.05, 3.63) is 45.1 Å². The summed E-state index contributed by atoms with van der Waals surface area (Å²) in [7, 11) is 1.71. The summed E-state index contributed by atoms with van der Waals surface area (Å²) in [4.78, 5) is 5.61. The first-order valence-corrected chi connectivity index (χ1v) is 8.82. The highest BCUT2D eigenvalue weighted by Gasteiger charge is 2.20. The molecule has 1 fully saturated rings. The molecule has 2 heterocycles. The monoisotopic (exact) mass is 367 g/mol. The number of benzene rings is 1. The number of halogens is 1. The number of anilines is 1. The Balaban J connectivity index is 1.54. The summed E-state index contributed by atoms with van der Waals surface area (Å²) in [5.41, 5.74) is 1.30. The molecule has 0 amide bonds. The maximum atomic E-state index is 5.22. The number of nitrogens with one attached hydrogen (secondary N) is 1. The Morgan fingerprint density at radius 2 is 1.86 bits per heavy atom. The molecule has 0 aliphatic carbocycles. The first-order chi connectivity index (χ1) is 10.2. The molecule has 0 radical (unpaired) electrons. The van der Waals surface area contributed by atoms with Gasteiger partial charge in [-0.2, -0.15) is 0 Å². The van der Waals surface area contributed by atoms with Crippen molar-refractivity contribution in [1.29, 1.82) is 0 Å². The molecule has 0 atom stereocenters. The van der Waals surface area contributed by atoms with Crippen LogP contribution in [-0.4, -0.2) is 33.3 Å². The minimum atomic E-state index is 0.922. The molecule has 1 aromatic carbocycles. The van der Waals surface area contributed by atoms with Crippen molar-refractivity contribution < 1.29 is 9.64 Å². The fourth-order valence-corrected chi connectivity index (χ4v) is 4.30. The van der Waals surface area contributed by atoms with Crippen molar-refractivity contribution >= 4 is 33.0 Å². The fraction of sp³-hybridized carbons (Fsp3) is 0.375. The Hall–Kier alpha value is -1.04. The van der Waals surface area contributed by atoms with Crippen LogP contribution in [0.1, 0.15) is 4.88 Å². The van der Waals surface area contributed by atoms with E-state index in [0.717, 1.165) is 25.4 Å². The summed E-state index contributed by atoms with van der Waals surface area (Å²) < 4.78 is 6.45. The lowest BCUT2D eigenvalue weighted by molar-refractivity contribution is -0.914. The molecule has 3 nitrogen and oxygen atoms in total. The molecule has 0 spiro atoms. The number of quaternary nitrogens is 1. The van der Waals surface area contributed by atoms with Crippen LogP contribution in [0.15, 0.2) is 40.2 Å². The van der Waals surface area contributed by atoms with Crippen LogP contribution >= 0.6 is 27.3 Å². The van der Waals surface area contributed by atoms with Gasteiger partial charge in [-0.05, 0) is 52.3 Å². The highest BCUT2D eigenvalue weighted by atomic mass is 79.9. The van der Waals surface area contributed by atoms with E-state index < -0.39 is 0 Å². The van der Waals surface area contributed by atoms with Gasteiger partial charge in [0.1, 0.15) is 12.3 Å². The first-order valence-electron chi connectivity index (χ1n) is 7.21. The van der Waals surface area contributed by atoms with Gasteiger partial charge in [0.05, 0.1) is 42.0 Å². The predicted molar refractivity (Wildman–Crippen MR) is 91.6 cm³/mol. The lowest BCUT2D eigenvalue weighted by atomic mass is 10.2. The maximum absolute atomic E-state index is 5.22. The van der Waals surface area contributed by atoms with E-state index in [-0.39, 0.29) is 0 Å². The van der Waals surface area contributed by atoms with E-state index in [1.165, 1.54) is 27.4 Å². The number of thiophene rings is 1. The van der Waals surface area contributed by atoms with Crippen molar-refractivity contribution in [1.82, 2.24) is 0 Å². The van der Waals surface area contributed by atoms with Gasteiger partial charge in [0.15, 0.2) is 0 Å². The molecular formula is C16H20BrN2OS+. The van der Waals surface area contributed by atoms with Crippen molar-refractivity contribution in [2.75, 3.05) is 38.2 Å². The van der Waals surface area contributed by atoms with E-state index in [1.807, 2.05) is 23.5 Å². The molecule has 3 rings (SSSR count). The van der Waals surface area contributed by atoms with Gasteiger partial charge in [-0.15, -0.1) is 11.3 Å². The zero-order valence-corrected chi connectivity index (χ0v) is 14.5. The third-order valence-electron chi connectivity index (χ3n) is 3.96. The summed E-state index contributed by atoms with van der Waals surface area (Å²) in [5, 5.41) is 0. The van der Waals surface area contributed by atoms with E-state index in [2.05, 4.69) is 45.1 Å². The standard InChI is InChI=1S/C16H19BrN2OS/c1-20-14-4-2-13(3-5-14)19-10-8-18(9-11-19)12-15-6-7-16(17)21-15/h2-7H,8-12H2,1H3/p+1. The zero-order chi connectivity index (χ0) is 14.7. The van der Waals surface area contributed by atoms with Crippen LogP contribution in [0.3, 0.4) is 0 Å². The number of piperazine rings is 1. The van der Waals surface area contributed by atoms with Crippen LogP contribution in [0.25, 0.3) is 0 Å². The smallest absolute Gasteiger partial charge is 0.119 e. The predicted octanol–water partition coefficient (Wildman–Crippen LogP) is 2.42. The third kappa shape index (κ3) is 3.78. The Kier molecular flexibility index (Phi) is 4.83. The lowest BCUT2D eigenvalue weighted by Gasteiger charge is -2.33. The molecule has 1 N–H and O–H groups in total. The van der Waals surface area contributed by atoms with Crippen LogP contribution in [-0.2, 0) is 6.54 Å². The molecule has 2 aromatic rings. The second kappa shape index (κ2) is 6.81. The van der Waals surface area contributed by atoms with Gasteiger partial charge in [-0.1, -0.05) is 0 Å². The van der Waals surface area contributed by atoms with Crippen molar-refractivity contribution in [3.63, 3.8) is 0 Å². The van der Waals surface area contributed by atoms with E-state index in [4.69, 9.17) is 4.74 Å². The van der Waals surface area contributed by atoms with Crippen molar-refractivity contribution in [3.8, 4) is 5.75 Å². The third-order valence-corrected chi connectivity index (χ3v) is 5.58. The second-order valence-corrected chi connectivity index (χ2v) is 7.87. The number of hydrogen-bond acceptors (Lipinski definition) is 3. The number of ether oxygens (including phenoxy) is 1. The molecule has 1 aliphatic rings. The summed E-state index contributed by atoms with van der Waals surface area (Å²) in [6.45, 7) is 5.78. The Labute approximate surface area is 138 Å². The molecule has 1 aliphatic heterocycles. The largest absolute Gasteiger partial charge is 0.497 e. The topological polar surface area (TPSA) is 16.9 Å². The van der Waals surface area contributed by atoms with Gasteiger partial charge in [-0.3, -0.25) is 0 Å². The van der Waals surface area contributed by atoms with Crippen molar-refractivity contribution in [2.45, 2.75) is 6.54 Å². The Bertz CT molecular complexity index is 576. The van der Waals surface area contributed by atoms with Crippen LogP contribution in [0, 0.1) is 0 Å². The van der Waals surface area contributed by atoms with Gasteiger partial charge < -0.3 is 14.5 Å². The average molecular weight is 368 g/mol. The molecule has 21 heavy (non-hydrogen) atoms. The SMILES string of the molecule is COc1ccc(N2CC[NH+](Cc3ccc(Br)s3)CC2)cc1. The number of rotatable bonds is 4. The first kappa shape index (κ1) is 14.9. The normalized spacial score (nSPS) is 16.2. The second-order valence-electron chi connectivity index (χ2n) is 5.32. The maximum Gasteiger partial charge on any atom is 0.119 e. The molecule has 0 unspecified atom stereocenters. The molecule has 0 bridgehead atoms. The Morgan fingerprint density at radius 1 is 1.14 bits per heavy atom. The number of nitrogens with zero attached hydrogens (tertiary/aromatic N) is 1. The highest BCUT2D eigenvalue weighted by molar-refractivity contribution is 9.11. The molecule has 0 saturated carbocycles. The Morgan fingerprint density at radius 3 is 2.43 bits per heavy atom.